The van der Waals surface area contributed by atoms with Gasteiger partial charge >= 0.3 is 0 Å². The number of carbonyl (C=O) groups is 1. The molecule has 3 aromatic rings. The standard InChI is InChI=1S/C23H28N4O2/c1-14-22(15(2)29-26-14)16-11-12-20-19(13-16)25-23(18-9-6-10-21(28)24-18)27(20)17-7-4-3-5-8-17/h11-13,17-18H,3-10H2,1-2H3,(H,24,28)/t18-/m0/s1. The summed E-state index contributed by atoms with van der Waals surface area (Å²) in [6.45, 7) is 3.92. The van der Waals surface area contributed by atoms with Crippen LogP contribution >= 0.6 is 0 Å². The molecule has 29 heavy (non-hydrogen) atoms. The third-order valence-corrected chi connectivity index (χ3v) is 6.52. The highest BCUT2D eigenvalue weighted by Gasteiger charge is 2.29. The zero-order valence-electron chi connectivity index (χ0n) is 17.2. The van der Waals surface area contributed by atoms with E-state index in [-0.39, 0.29) is 11.9 Å². The molecule has 1 aliphatic heterocycles. The fraction of sp³-hybridized carbons (Fsp3) is 0.522. The van der Waals surface area contributed by atoms with Gasteiger partial charge in [-0.05, 0) is 57.2 Å². The summed E-state index contributed by atoms with van der Waals surface area (Å²) in [5.74, 6) is 1.99. The Labute approximate surface area is 170 Å². The number of aryl methyl sites for hydroxylation is 2. The lowest BCUT2D eigenvalue weighted by molar-refractivity contribution is -0.123. The van der Waals surface area contributed by atoms with Gasteiger partial charge in [0.05, 0.1) is 22.8 Å². The van der Waals surface area contributed by atoms with E-state index in [0.29, 0.717) is 12.5 Å². The van der Waals surface area contributed by atoms with Crippen molar-refractivity contribution >= 4 is 16.9 Å². The van der Waals surface area contributed by atoms with Crippen LogP contribution in [0, 0.1) is 13.8 Å². The molecular weight excluding hydrogens is 364 g/mol. The molecule has 1 saturated carbocycles. The molecule has 1 aromatic carbocycles. The molecule has 6 heteroatoms. The molecule has 0 unspecified atom stereocenters. The minimum Gasteiger partial charge on any atom is -0.361 e. The highest BCUT2D eigenvalue weighted by Crippen LogP contribution is 2.37. The summed E-state index contributed by atoms with van der Waals surface area (Å²) < 4.78 is 7.80. The Morgan fingerprint density at radius 1 is 1.10 bits per heavy atom. The number of hydrogen-bond acceptors (Lipinski definition) is 4. The molecule has 1 aliphatic carbocycles. The fourth-order valence-corrected chi connectivity index (χ4v) is 5.14. The van der Waals surface area contributed by atoms with E-state index in [4.69, 9.17) is 9.51 Å². The van der Waals surface area contributed by atoms with E-state index in [1.54, 1.807) is 0 Å². The van der Waals surface area contributed by atoms with Crippen molar-refractivity contribution in [2.45, 2.75) is 77.3 Å². The third kappa shape index (κ3) is 3.24. The maximum Gasteiger partial charge on any atom is 0.220 e. The first-order valence-electron chi connectivity index (χ1n) is 10.9. The Kier molecular flexibility index (Phi) is 4.64. The number of fused-ring (bicyclic) bond motifs is 1. The second-order valence-electron chi connectivity index (χ2n) is 8.55. The molecule has 152 valence electrons. The van der Waals surface area contributed by atoms with Gasteiger partial charge in [-0.25, -0.2) is 4.98 Å². The van der Waals surface area contributed by atoms with Crippen LogP contribution in [0.3, 0.4) is 0 Å². The summed E-state index contributed by atoms with van der Waals surface area (Å²) in [5.41, 5.74) is 5.19. The average molecular weight is 393 g/mol. The topological polar surface area (TPSA) is 72.9 Å². The number of aromatic nitrogens is 3. The first-order chi connectivity index (χ1) is 14.1. The smallest absolute Gasteiger partial charge is 0.220 e. The molecule has 0 radical (unpaired) electrons. The van der Waals surface area contributed by atoms with Crippen molar-refractivity contribution in [1.29, 1.82) is 0 Å². The monoisotopic (exact) mass is 392 g/mol. The second-order valence-corrected chi connectivity index (χ2v) is 8.55. The van der Waals surface area contributed by atoms with Crippen LogP contribution in [0.15, 0.2) is 22.7 Å². The zero-order chi connectivity index (χ0) is 20.0. The van der Waals surface area contributed by atoms with E-state index in [1.165, 1.54) is 37.6 Å². The van der Waals surface area contributed by atoms with Crippen LogP contribution in [0.5, 0.6) is 0 Å². The molecule has 2 aromatic heterocycles. The number of hydrogen-bond donors (Lipinski definition) is 1. The molecule has 2 fully saturated rings. The molecule has 1 atom stereocenters. The number of amides is 1. The van der Waals surface area contributed by atoms with Gasteiger partial charge < -0.3 is 14.4 Å². The molecule has 3 heterocycles. The molecule has 6 nitrogen and oxygen atoms in total. The minimum absolute atomic E-state index is 0.00749. The molecule has 1 saturated heterocycles. The number of rotatable bonds is 3. The summed E-state index contributed by atoms with van der Waals surface area (Å²) in [4.78, 5) is 17.1. The van der Waals surface area contributed by atoms with E-state index >= 15 is 0 Å². The number of piperidine rings is 1. The largest absolute Gasteiger partial charge is 0.361 e. The van der Waals surface area contributed by atoms with Gasteiger partial charge in [0.15, 0.2) is 0 Å². The van der Waals surface area contributed by atoms with Crippen LogP contribution in [0.25, 0.3) is 22.2 Å². The summed E-state index contributed by atoms with van der Waals surface area (Å²) >= 11 is 0. The summed E-state index contributed by atoms with van der Waals surface area (Å²) in [6, 6.07) is 6.96. The third-order valence-electron chi connectivity index (χ3n) is 6.52. The van der Waals surface area contributed by atoms with Crippen molar-refractivity contribution in [2.24, 2.45) is 0 Å². The van der Waals surface area contributed by atoms with Crippen LogP contribution in [0.4, 0.5) is 0 Å². The van der Waals surface area contributed by atoms with Crippen LogP contribution < -0.4 is 5.32 Å². The van der Waals surface area contributed by atoms with Crippen molar-refractivity contribution in [3.05, 3.63) is 35.5 Å². The van der Waals surface area contributed by atoms with Crippen molar-refractivity contribution in [2.75, 3.05) is 0 Å². The van der Waals surface area contributed by atoms with Gasteiger partial charge in [-0.3, -0.25) is 4.79 Å². The Balaban J connectivity index is 1.64. The fourth-order valence-electron chi connectivity index (χ4n) is 5.14. The van der Waals surface area contributed by atoms with Gasteiger partial charge in [-0.1, -0.05) is 30.5 Å². The van der Waals surface area contributed by atoms with Crippen molar-refractivity contribution in [3.63, 3.8) is 0 Å². The SMILES string of the molecule is Cc1noc(C)c1-c1ccc2c(c1)nc([C@@H]1CCCC(=O)N1)n2C1CCCCC1. The first kappa shape index (κ1) is 18.4. The highest BCUT2D eigenvalue weighted by molar-refractivity contribution is 5.84. The lowest BCUT2D eigenvalue weighted by atomic mass is 9.94. The van der Waals surface area contributed by atoms with Gasteiger partial charge in [0.2, 0.25) is 5.91 Å². The van der Waals surface area contributed by atoms with Crippen molar-refractivity contribution in [1.82, 2.24) is 20.0 Å². The molecule has 2 aliphatic rings. The molecule has 0 spiro atoms. The minimum atomic E-state index is 0.00749. The maximum atomic E-state index is 12.1. The highest BCUT2D eigenvalue weighted by atomic mass is 16.5. The normalized spacial score (nSPS) is 20.9. The lowest BCUT2D eigenvalue weighted by Gasteiger charge is -2.29. The summed E-state index contributed by atoms with van der Waals surface area (Å²) in [5, 5.41) is 7.29. The molecule has 1 amide bonds. The zero-order valence-corrected chi connectivity index (χ0v) is 17.2. The molecular formula is C23H28N4O2. The molecule has 1 N–H and O–H groups in total. The van der Waals surface area contributed by atoms with E-state index in [0.717, 1.165) is 46.8 Å². The van der Waals surface area contributed by atoms with Crippen LogP contribution in [0.1, 0.15) is 80.7 Å². The quantitative estimate of drug-likeness (QED) is 0.669. The van der Waals surface area contributed by atoms with Gasteiger partial charge in [-0.2, -0.15) is 0 Å². The van der Waals surface area contributed by atoms with E-state index < -0.39 is 0 Å². The summed E-state index contributed by atoms with van der Waals surface area (Å²) in [6.07, 6.45) is 8.71. The summed E-state index contributed by atoms with van der Waals surface area (Å²) in [7, 11) is 0. The first-order valence-corrected chi connectivity index (χ1v) is 10.9. The van der Waals surface area contributed by atoms with Gasteiger partial charge in [0.25, 0.3) is 0 Å². The predicted octanol–water partition coefficient (Wildman–Crippen LogP) is 5.15. The van der Waals surface area contributed by atoms with Crippen LogP contribution in [0.2, 0.25) is 0 Å². The van der Waals surface area contributed by atoms with Crippen molar-refractivity contribution < 1.29 is 9.32 Å². The number of nitrogens with one attached hydrogen (secondary N) is 1. The Morgan fingerprint density at radius 3 is 2.66 bits per heavy atom. The van der Waals surface area contributed by atoms with E-state index in [2.05, 4.69) is 33.2 Å². The van der Waals surface area contributed by atoms with Crippen molar-refractivity contribution in [3.8, 4) is 11.1 Å². The number of carbonyl (C=O) groups excluding carboxylic acids is 1. The number of benzene rings is 1. The second kappa shape index (κ2) is 7.32. The van der Waals surface area contributed by atoms with Gasteiger partial charge in [0, 0.05) is 18.0 Å². The van der Waals surface area contributed by atoms with Gasteiger partial charge in [0.1, 0.15) is 11.6 Å². The molecule has 0 bridgehead atoms. The maximum absolute atomic E-state index is 12.1. The molecule has 5 rings (SSSR count). The number of imidazole rings is 1. The average Bonchev–Trinajstić information content (AvgIpc) is 3.28. The van der Waals surface area contributed by atoms with Crippen LogP contribution in [-0.2, 0) is 4.79 Å². The predicted molar refractivity (Wildman–Crippen MR) is 112 cm³/mol. The number of nitrogens with zero attached hydrogens (tertiary/aromatic N) is 3. The Hall–Kier alpha value is -2.63. The Morgan fingerprint density at radius 2 is 1.93 bits per heavy atom. The van der Waals surface area contributed by atoms with E-state index in [1.807, 2.05) is 13.8 Å². The Bertz CT molecular complexity index is 1040. The van der Waals surface area contributed by atoms with Crippen LogP contribution in [-0.4, -0.2) is 20.6 Å². The van der Waals surface area contributed by atoms with E-state index in [9.17, 15) is 4.79 Å². The van der Waals surface area contributed by atoms with Gasteiger partial charge in [-0.15, -0.1) is 0 Å². The lowest BCUT2D eigenvalue weighted by Crippen LogP contribution is -2.34.